The lowest BCUT2D eigenvalue weighted by Crippen LogP contribution is -2.38. The molecule has 0 bridgehead atoms. The number of carbonyl (C=O) groups excluding carboxylic acids is 1. The van der Waals surface area contributed by atoms with Crippen LogP contribution in [0.3, 0.4) is 0 Å². The molecular formula is C18H19F2NO2. The van der Waals surface area contributed by atoms with Crippen LogP contribution in [0.5, 0.6) is 0 Å². The number of alkyl halides is 2. The van der Waals surface area contributed by atoms with Crippen LogP contribution in [0, 0.1) is 6.92 Å². The van der Waals surface area contributed by atoms with E-state index in [0.717, 1.165) is 11.1 Å². The summed E-state index contributed by atoms with van der Waals surface area (Å²) in [6, 6.07) is 15.4. The van der Waals surface area contributed by atoms with Crippen molar-refractivity contribution in [2.75, 3.05) is 5.32 Å². The predicted octanol–water partition coefficient (Wildman–Crippen LogP) is 3.56. The van der Waals surface area contributed by atoms with E-state index in [9.17, 15) is 18.7 Å². The quantitative estimate of drug-likeness (QED) is 0.855. The maximum Gasteiger partial charge on any atom is 0.327 e. The van der Waals surface area contributed by atoms with E-state index < -0.39 is 24.4 Å². The number of halogens is 2. The average molecular weight is 319 g/mol. The topological polar surface area (TPSA) is 49.3 Å². The summed E-state index contributed by atoms with van der Waals surface area (Å²) in [6.45, 7) is 1.86. The number of hydrogen-bond donors (Lipinski definition) is 2. The molecule has 0 heterocycles. The second-order valence-corrected chi connectivity index (χ2v) is 5.57. The Balaban J connectivity index is 1.94. The Labute approximate surface area is 134 Å². The molecule has 1 unspecified atom stereocenters. The van der Waals surface area contributed by atoms with Gasteiger partial charge in [-0.25, -0.2) is 0 Å². The van der Waals surface area contributed by atoms with Gasteiger partial charge in [-0.05, 0) is 31.0 Å². The highest BCUT2D eigenvalue weighted by Crippen LogP contribution is 2.24. The second kappa shape index (κ2) is 7.33. The monoisotopic (exact) mass is 319 g/mol. The average Bonchev–Trinajstić information content (AvgIpc) is 2.50. The standard InChI is InChI=1S/C18H19F2NO2/c1-13-7-9-15(10-8-13)21-17(23)18(19,20)12-16(22)11-14-5-3-2-4-6-14/h2-10,16,22H,11-12H2,1H3,(H,21,23). The Kier molecular flexibility index (Phi) is 5.45. The van der Waals surface area contributed by atoms with Crippen molar-refractivity contribution in [3.63, 3.8) is 0 Å². The van der Waals surface area contributed by atoms with Gasteiger partial charge < -0.3 is 10.4 Å². The molecule has 1 atom stereocenters. The Morgan fingerprint density at radius 1 is 1.13 bits per heavy atom. The van der Waals surface area contributed by atoms with E-state index in [4.69, 9.17) is 0 Å². The van der Waals surface area contributed by atoms with Crippen molar-refractivity contribution >= 4 is 11.6 Å². The molecule has 2 N–H and O–H groups in total. The molecule has 1 amide bonds. The van der Waals surface area contributed by atoms with Gasteiger partial charge in [0, 0.05) is 12.1 Å². The SMILES string of the molecule is Cc1ccc(NC(=O)C(F)(F)CC(O)Cc2ccccc2)cc1. The van der Waals surface area contributed by atoms with Crippen molar-refractivity contribution in [2.24, 2.45) is 0 Å². The normalized spacial score (nSPS) is 12.7. The molecule has 2 aromatic rings. The molecule has 0 radical (unpaired) electrons. The summed E-state index contributed by atoms with van der Waals surface area (Å²) in [5.41, 5.74) is 2.01. The van der Waals surface area contributed by atoms with Crippen molar-refractivity contribution in [1.82, 2.24) is 0 Å². The van der Waals surface area contributed by atoms with Crippen LogP contribution in [0.2, 0.25) is 0 Å². The molecule has 5 heteroatoms. The molecular weight excluding hydrogens is 300 g/mol. The summed E-state index contributed by atoms with van der Waals surface area (Å²) in [7, 11) is 0. The first kappa shape index (κ1) is 17.1. The zero-order valence-electron chi connectivity index (χ0n) is 12.8. The Morgan fingerprint density at radius 2 is 1.74 bits per heavy atom. The lowest BCUT2D eigenvalue weighted by molar-refractivity contribution is -0.143. The first-order valence-electron chi connectivity index (χ1n) is 7.35. The number of amides is 1. The van der Waals surface area contributed by atoms with Crippen LogP contribution in [-0.2, 0) is 11.2 Å². The lowest BCUT2D eigenvalue weighted by atomic mass is 10.0. The van der Waals surface area contributed by atoms with Crippen molar-refractivity contribution in [1.29, 1.82) is 0 Å². The van der Waals surface area contributed by atoms with E-state index in [1.165, 1.54) is 0 Å². The van der Waals surface area contributed by atoms with Gasteiger partial charge in [-0.2, -0.15) is 8.78 Å². The third-order valence-electron chi connectivity index (χ3n) is 3.45. The molecule has 0 aliphatic rings. The second-order valence-electron chi connectivity index (χ2n) is 5.57. The van der Waals surface area contributed by atoms with E-state index >= 15 is 0 Å². The van der Waals surface area contributed by atoms with Crippen LogP contribution in [0.25, 0.3) is 0 Å². The highest BCUT2D eigenvalue weighted by Gasteiger charge is 2.40. The summed E-state index contributed by atoms with van der Waals surface area (Å²) in [4.78, 5) is 11.7. The molecule has 0 aliphatic carbocycles. The summed E-state index contributed by atoms with van der Waals surface area (Å²) < 4.78 is 27.9. The van der Waals surface area contributed by atoms with E-state index in [1.807, 2.05) is 6.92 Å². The Bertz CT molecular complexity index is 642. The van der Waals surface area contributed by atoms with Crippen molar-refractivity contribution in [3.8, 4) is 0 Å². The van der Waals surface area contributed by atoms with Crippen LogP contribution >= 0.6 is 0 Å². The number of nitrogens with one attached hydrogen (secondary N) is 1. The third kappa shape index (κ3) is 5.14. The fourth-order valence-corrected chi connectivity index (χ4v) is 2.21. The number of anilines is 1. The summed E-state index contributed by atoms with van der Waals surface area (Å²) in [6.07, 6.45) is -2.13. The molecule has 0 aliphatic heterocycles. The van der Waals surface area contributed by atoms with E-state index in [-0.39, 0.29) is 6.42 Å². The third-order valence-corrected chi connectivity index (χ3v) is 3.45. The number of hydrogen-bond acceptors (Lipinski definition) is 2. The minimum Gasteiger partial charge on any atom is -0.393 e. The largest absolute Gasteiger partial charge is 0.393 e. The molecule has 0 saturated heterocycles. The van der Waals surface area contributed by atoms with Gasteiger partial charge in [0.1, 0.15) is 0 Å². The zero-order valence-corrected chi connectivity index (χ0v) is 12.8. The molecule has 2 rings (SSSR count). The lowest BCUT2D eigenvalue weighted by Gasteiger charge is -2.19. The number of rotatable bonds is 6. The molecule has 23 heavy (non-hydrogen) atoms. The van der Waals surface area contributed by atoms with Gasteiger partial charge >= 0.3 is 5.92 Å². The number of carbonyl (C=O) groups is 1. The Morgan fingerprint density at radius 3 is 2.35 bits per heavy atom. The fourth-order valence-electron chi connectivity index (χ4n) is 2.21. The van der Waals surface area contributed by atoms with Gasteiger partial charge in [0.25, 0.3) is 5.91 Å². The maximum absolute atomic E-state index is 14.0. The smallest absolute Gasteiger partial charge is 0.327 e. The van der Waals surface area contributed by atoms with Crippen LogP contribution in [0.4, 0.5) is 14.5 Å². The molecule has 0 saturated carbocycles. The summed E-state index contributed by atoms with van der Waals surface area (Å²) in [5, 5.41) is 12.0. The van der Waals surface area contributed by atoms with Crippen LogP contribution in [-0.4, -0.2) is 23.0 Å². The number of aliphatic hydroxyl groups excluding tert-OH is 1. The molecule has 0 aromatic heterocycles. The number of aryl methyl sites for hydroxylation is 1. The van der Waals surface area contributed by atoms with Gasteiger partial charge in [-0.1, -0.05) is 48.0 Å². The van der Waals surface area contributed by atoms with Gasteiger partial charge in [0.05, 0.1) is 6.10 Å². The van der Waals surface area contributed by atoms with E-state index in [2.05, 4.69) is 5.32 Å². The minimum absolute atomic E-state index is 0.0776. The van der Waals surface area contributed by atoms with E-state index in [1.54, 1.807) is 54.6 Å². The highest BCUT2D eigenvalue weighted by molar-refractivity contribution is 5.96. The van der Waals surface area contributed by atoms with Gasteiger partial charge in [0.15, 0.2) is 0 Å². The van der Waals surface area contributed by atoms with Crippen LogP contribution in [0.1, 0.15) is 17.5 Å². The number of benzene rings is 2. The van der Waals surface area contributed by atoms with E-state index in [0.29, 0.717) is 5.69 Å². The maximum atomic E-state index is 14.0. The van der Waals surface area contributed by atoms with Crippen molar-refractivity contribution < 1.29 is 18.7 Å². The van der Waals surface area contributed by atoms with Gasteiger partial charge in [0.2, 0.25) is 0 Å². The van der Waals surface area contributed by atoms with Crippen LogP contribution < -0.4 is 5.32 Å². The molecule has 2 aromatic carbocycles. The van der Waals surface area contributed by atoms with Crippen molar-refractivity contribution in [3.05, 3.63) is 65.7 Å². The van der Waals surface area contributed by atoms with Crippen LogP contribution in [0.15, 0.2) is 54.6 Å². The predicted molar refractivity (Wildman–Crippen MR) is 85.5 cm³/mol. The molecule has 3 nitrogen and oxygen atoms in total. The first-order chi connectivity index (χ1) is 10.9. The minimum atomic E-state index is -3.64. The molecule has 122 valence electrons. The van der Waals surface area contributed by atoms with Gasteiger partial charge in [-0.15, -0.1) is 0 Å². The summed E-state index contributed by atoms with van der Waals surface area (Å²) in [5.74, 6) is -5.05. The number of aliphatic hydroxyl groups is 1. The fraction of sp³-hybridized carbons (Fsp3) is 0.278. The van der Waals surface area contributed by atoms with Gasteiger partial charge in [-0.3, -0.25) is 4.79 Å². The van der Waals surface area contributed by atoms with Crippen molar-refractivity contribution in [2.45, 2.75) is 31.8 Å². The first-order valence-corrected chi connectivity index (χ1v) is 7.35. The zero-order chi connectivity index (χ0) is 16.9. The Hall–Kier alpha value is -2.27. The molecule has 0 spiro atoms. The molecule has 0 fully saturated rings. The highest BCUT2D eigenvalue weighted by atomic mass is 19.3. The summed E-state index contributed by atoms with van der Waals surface area (Å²) >= 11 is 0.